The minimum Gasteiger partial charge on any atom is -0.389 e. The summed E-state index contributed by atoms with van der Waals surface area (Å²) in [5, 5.41) is 13.2. The van der Waals surface area contributed by atoms with E-state index >= 15 is 0 Å². The molecule has 1 aliphatic rings. The van der Waals surface area contributed by atoms with Crippen molar-refractivity contribution in [2.75, 3.05) is 0 Å². The zero-order chi connectivity index (χ0) is 9.97. The van der Waals surface area contributed by atoms with Gasteiger partial charge in [0.15, 0.2) is 5.75 Å². The SMILES string of the molecule is CC(O)C1=Cc2ccccc2ON=C1. The maximum absolute atomic E-state index is 9.41. The lowest BCUT2D eigenvalue weighted by atomic mass is 10.1. The lowest BCUT2D eigenvalue weighted by molar-refractivity contribution is 0.239. The van der Waals surface area contributed by atoms with Crippen LogP contribution < -0.4 is 4.84 Å². The van der Waals surface area contributed by atoms with Crippen LogP contribution in [0.1, 0.15) is 12.5 Å². The Morgan fingerprint density at radius 2 is 2.14 bits per heavy atom. The topological polar surface area (TPSA) is 41.8 Å². The average molecular weight is 189 g/mol. The Hall–Kier alpha value is -1.61. The number of para-hydroxylation sites is 1. The third-order valence-corrected chi connectivity index (χ3v) is 2.08. The Labute approximate surface area is 82.3 Å². The van der Waals surface area contributed by atoms with Crippen LogP contribution in [0.5, 0.6) is 5.75 Å². The van der Waals surface area contributed by atoms with Crippen molar-refractivity contribution in [2.24, 2.45) is 5.16 Å². The van der Waals surface area contributed by atoms with E-state index in [1.807, 2.05) is 30.3 Å². The van der Waals surface area contributed by atoms with E-state index in [4.69, 9.17) is 4.84 Å². The molecule has 1 aliphatic heterocycles. The van der Waals surface area contributed by atoms with Gasteiger partial charge in [0.05, 0.1) is 12.3 Å². The Morgan fingerprint density at radius 3 is 2.93 bits per heavy atom. The Balaban J connectivity index is 2.46. The second-order valence-electron chi connectivity index (χ2n) is 3.18. The summed E-state index contributed by atoms with van der Waals surface area (Å²) in [7, 11) is 0. The first kappa shape index (κ1) is 8.97. The van der Waals surface area contributed by atoms with Crippen LogP contribution in [0.4, 0.5) is 0 Å². The van der Waals surface area contributed by atoms with Crippen LogP contribution in [-0.2, 0) is 0 Å². The zero-order valence-electron chi connectivity index (χ0n) is 7.84. The van der Waals surface area contributed by atoms with Crippen LogP contribution in [0, 0.1) is 0 Å². The molecule has 0 saturated carbocycles. The molecule has 3 nitrogen and oxygen atoms in total. The molecule has 1 unspecified atom stereocenters. The molecule has 1 aromatic rings. The number of benzene rings is 1. The molecule has 0 bridgehead atoms. The molecule has 0 amide bonds. The van der Waals surface area contributed by atoms with E-state index in [2.05, 4.69) is 5.16 Å². The Kier molecular flexibility index (Phi) is 2.33. The van der Waals surface area contributed by atoms with Crippen molar-refractivity contribution >= 4 is 12.3 Å². The lowest BCUT2D eigenvalue weighted by Crippen LogP contribution is -2.04. The molecule has 2 rings (SSSR count). The molecule has 0 aliphatic carbocycles. The number of rotatable bonds is 1. The van der Waals surface area contributed by atoms with E-state index < -0.39 is 6.10 Å². The maximum Gasteiger partial charge on any atom is 0.165 e. The summed E-state index contributed by atoms with van der Waals surface area (Å²) < 4.78 is 0. The molecule has 14 heavy (non-hydrogen) atoms. The number of aliphatic hydroxyl groups excluding tert-OH is 1. The summed E-state index contributed by atoms with van der Waals surface area (Å²) in [6, 6.07) is 7.57. The molecule has 1 heterocycles. The van der Waals surface area contributed by atoms with Gasteiger partial charge in [0.1, 0.15) is 0 Å². The van der Waals surface area contributed by atoms with Gasteiger partial charge in [0, 0.05) is 11.1 Å². The van der Waals surface area contributed by atoms with Crippen molar-refractivity contribution in [1.29, 1.82) is 0 Å². The number of hydrogen-bond donors (Lipinski definition) is 1. The van der Waals surface area contributed by atoms with Gasteiger partial charge in [-0.1, -0.05) is 23.4 Å². The second kappa shape index (κ2) is 3.64. The predicted octanol–water partition coefficient (Wildman–Crippen LogP) is 1.83. The van der Waals surface area contributed by atoms with E-state index in [1.54, 1.807) is 6.92 Å². The summed E-state index contributed by atoms with van der Waals surface area (Å²) in [5.74, 6) is 0.708. The first-order chi connectivity index (χ1) is 6.77. The van der Waals surface area contributed by atoms with Crippen molar-refractivity contribution in [3.05, 3.63) is 35.4 Å². The summed E-state index contributed by atoms with van der Waals surface area (Å²) in [6.45, 7) is 1.70. The van der Waals surface area contributed by atoms with Gasteiger partial charge < -0.3 is 9.94 Å². The molecule has 1 aromatic carbocycles. The second-order valence-corrected chi connectivity index (χ2v) is 3.18. The van der Waals surface area contributed by atoms with Gasteiger partial charge in [-0.3, -0.25) is 0 Å². The first-order valence-corrected chi connectivity index (χ1v) is 4.46. The molecule has 1 atom stereocenters. The zero-order valence-corrected chi connectivity index (χ0v) is 7.84. The highest BCUT2D eigenvalue weighted by molar-refractivity contribution is 5.88. The lowest BCUT2D eigenvalue weighted by Gasteiger charge is -2.02. The summed E-state index contributed by atoms with van der Waals surface area (Å²) in [4.78, 5) is 5.14. The highest BCUT2D eigenvalue weighted by atomic mass is 16.6. The number of fused-ring (bicyclic) bond motifs is 1. The number of hydrogen-bond acceptors (Lipinski definition) is 3. The van der Waals surface area contributed by atoms with E-state index in [1.165, 1.54) is 6.21 Å². The molecule has 72 valence electrons. The van der Waals surface area contributed by atoms with Crippen molar-refractivity contribution in [1.82, 2.24) is 0 Å². The molecular formula is C11H11NO2. The number of oxime groups is 1. The predicted molar refractivity (Wildman–Crippen MR) is 55.2 cm³/mol. The van der Waals surface area contributed by atoms with Gasteiger partial charge in [-0.2, -0.15) is 0 Å². The van der Waals surface area contributed by atoms with E-state index in [9.17, 15) is 5.11 Å². The highest BCUT2D eigenvalue weighted by Crippen LogP contribution is 2.23. The van der Waals surface area contributed by atoms with Crippen molar-refractivity contribution in [3.63, 3.8) is 0 Å². The van der Waals surface area contributed by atoms with Gasteiger partial charge in [0.2, 0.25) is 0 Å². The first-order valence-electron chi connectivity index (χ1n) is 4.46. The summed E-state index contributed by atoms with van der Waals surface area (Å²) in [5.41, 5.74) is 1.68. The van der Waals surface area contributed by atoms with E-state index in [-0.39, 0.29) is 0 Å². The van der Waals surface area contributed by atoms with E-state index in [0.29, 0.717) is 5.75 Å². The molecule has 0 aromatic heterocycles. The molecule has 3 heteroatoms. The smallest absolute Gasteiger partial charge is 0.165 e. The fraction of sp³-hybridized carbons (Fsp3) is 0.182. The third-order valence-electron chi connectivity index (χ3n) is 2.08. The van der Waals surface area contributed by atoms with Crippen LogP contribution in [-0.4, -0.2) is 17.4 Å². The van der Waals surface area contributed by atoms with Crippen molar-refractivity contribution < 1.29 is 9.94 Å². The van der Waals surface area contributed by atoms with Crippen LogP contribution in [0.3, 0.4) is 0 Å². The third kappa shape index (κ3) is 1.67. The maximum atomic E-state index is 9.41. The summed E-state index contributed by atoms with van der Waals surface area (Å²) in [6.07, 6.45) is 2.87. The normalized spacial score (nSPS) is 16.3. The van der Waals surface area contributed by atoms with Crippen LogP contribution in [0.25, 0.3) is 6.08 Å². The minimum atomic E-state index is -0.534. The van der Waals surface area contributed by atoms with Crippen molar-refractivity contribution in [3.8, 4) is 5.75 Å². The van der Waals surface area contributed by atoms with Crippen LogP contribution in [0.2, 0.25) is 0 Å². The number of nitrogens with zero attached hydrogens (tertiary/aromatic N) is 1. The van der Waals surface area contributed by atoms with Gasteiger partial charge in [-0.15, -0.1) is 0 Å². The molecule has 0 spiro atoms. The number of aliphatic hydroxyl groups is 1. The fourth-order valence-electron chi connectivity index (χ4n) is 1.27. The average Bonchev–Trinajstić information content (AvgIpc) is 2.39. The Morgan fingerprint density at radius 1 is 1.36 bits per heavy atom. The quantitative estimate of drug-likeness (QED) is 0.732. The van der Waals surface area contributed by atoms with Gasteiger partial charge in [-0.05, 0) is 19.1 Å². The molecule has 1 N–H and O–H groups in total. The standard InChI is InChI=1S/C11H11NO2/c1-8(13)10-6-9-4-2-3-5-11(9)14-12-7-10/h2-8,13H,1H3. The fourth-order valence-corrected chi connectivity index (χ4v) is 1.27. The minimum absolute atomic E-state index is 0.534. The molecular weight excluding hydrogens is 178 g/mol. The monoisotopic (exact) mass is 189 g/mol. The van der Waals surface area contributed by atoms with Gasteiger partial charge in [0.25, 0.3) is 0 Å². The van der Waals surface area contributed by atoms with E-state index in [0.717, 1.165) is 11.1 Å². The largest absolute Gasteiger partial charge is 0.389 e. The van der Waals surface area contributed by atoms with Gasteiger partial charge >= 0.3 is 0 Å². The highest BCUT2D eigenvalue weighted by Gasteiger charge is 2.09. The van der Waals surface area contributed by atoms with Crippen LogP contribution >= 0.6 is 0 Å². The van der Waals surface area contributed by atoms with Crippen LogP contribution in [0.15, 0.2) is 35.0 Å². The van der Waals surface area contributed by atoms with Crippen molar-refractivity contribution in [2.45, 2.75) is 13.0 Å². The Bertz CT molecular complexity index is 394. The molecule has 0 radical (unpaired) electrons. The van der Waals surface area contributed by atoms with Gasteiger partial charge in [-0.25, -0.2) is 0 Å². The molecule has 0 fully saturated rings. The molecule has 0 saturated heterocycles. The summed E-state index contributed by atoms with van der Waals surface area (Å²) >= 11 is 0.